The third kappa shape index (κ3) is 4.06. The van der Waals surface area contributed by atoms with Crippen molar-refractivity contribution < 1.29 is 14.7 Å². The fourth-order valence-electron chi connectivity index (χ4n) is 2.90. The van der Waals surface area contributed by atoms with Crippen LogP contribution in [0, 0.1) is 5.92 Å². The summed E-state index contributed by atoms with van der Waals surface area (Å²) in [5.41, 5.74) is 1.11. The molecule has 1 aliphatic rings. The number of aromatic carboxylic acids is 1. The van der Waals surface area contributed by atoms with E-state index in [9.17, 15) is 9.59 Å². The van der Waals surface area contributed by atoms with Crippen molar-refractivity contribution in [2.45, 2.75) is 45.1 Å². The molecule has 0 spiro atoms. The molecule has 1 amide bonds. The zero-order valence-electron chi connectivity index (χ0n) is 12.7. The number of hydrogen-bond acceptors (Lipinski definition) is 2. The van der Waals surface area contributed by atoms with Crippen LogP contribution in [-0.4, -0.2) is 35.0 Å². The first kappa shape index (κ1) is 15.5. The lowest BCUT2D eigenvalue weighted by atomic mass is 9.86. The first-order chi connectivity index (χ1) is 9.97. The van der Waals surface area contributed by atoms with E-state index in [1.54, 1.807) is 24.3 Å². The molecule has 0 aliphatic heterocycles. The van der Waals surface area contributed by atoms with Gasteiger partial charge in [-0.2, -0.15) is 0 Å². The van der Waals surface area contributed by atoms with Crippen molar-refractivity contribution in [3.05, 3.63) is 35.4 Å². The van der Waals surface area contributed by atoms with Gasteiger partial charge in [0.25, 0.3) is 0 Å². The lowest BCUT2D eigenvalue weighted by Gasteiger charge is -2.33. The highest BCUT2D eigenvalue weighted by atomic mass is 16.4. The fourth-order valence-corrected chi connectivity index (χ4v) is 2.90. The number of carbonyl (C=O) groups excluding carboxylic acids is 1. The fraction of sp³-hybridized carbons (Fsp3) is 0.529. The SMILES string of the molecule is CC1CCC(N(C)C(=O)Cc2ccc(C(=O)O)cc2)CC1. The molecule has 1 aliphatic carbocycles. The van der Waals surface area contributed by atoms with Crippen LogP contribution in [0.3, 0.4) is 0 Å². The first-order valence-electron chi connectivity index (χ1n) is 7.55. The van der Waals surface area contributed by atoms with Crippen molar-refractivity contribution in [2.24, 2.45) is 5.92 Å². The van der Waals surface area contributed by atoms with Gasteiger partial charge in [-0.1, -0.05) is 19.1 Å². The van der Waals surface area contributed by atoms with Gasteiger partial charge in [0.15, 0.2) is 0 Å². The molecule has 1 fully saturated rings. The van der Waals surface area contributed by atoms with Crippen LogP contribution in [0.1, 0.15) is 48.5 Å². The standard InChI is InChI=1S/C17H23NO3/c1-12-3-9-15(10-4-12)18(2)16(19)11-13-5-7-14(8-6-13)17(20)21/h5-8,12,15H,3-4,9-11H2,1-2H3,(H,20,21). The number of hydrogen-bond donors (Lipinski definition) is 1. The molecule has 21 heavy (non-hydrogen) atoms. The summed E-state index contributed by atoms with van der Waals surface area (Å²) in [4.78, 5) is 25.0. The minimum atomic E-state index is -0.943. The Balaban J connectivity index is 1.92. The van der Waals surface area contributed by atoms with Crippen molar-refractivity contribution in [1.29, 1.82) is 0 Å². The van der Waals surface area contributed by atoms with E-state index in [2.05, 4.69) is 6.92 Å². The largest absolute Gasteiger partial charge is 0.478 e. The highest BCUT2D eigenvalue weighted by molar-refractivity contribution is 5.87. The average molecular weight is 289 g/mol. The normalized spacial score (nSPS) is 21.8. The van der Waals surface area contributed by atoms with E-state index in [4.69, 9.17) is 5.11 Å². The number of carboxylic acid groups (broad SMARTS) is 1. The number of amides is 1. The van der Waals surface area contributed by atoms with Crippen LogP contribution in [0.5, 0.6) is 0 Å². The van der Waals surface area contributed by atoms with E-state index in [1.807, 2.05) is 11.9 Å². The summed E-state index contributed by atoms with van der Waals surface area (Å²) >= 11 is 0. The average Bonchev–Trinajstić information content (AvgIpc) is 2.47. The summed E-state index contributed by atoms with van der Waals surface area (Å²) in [5.74, 6) is -0.0627. The van der Waals surface area contributed by atoms with Crippen LogP contribution in [0.15, 0.2) is 24.3 Å². The zero-order valence-corrected chi connectivity index (χ0v) is 12.7. The molecule has 0 aromatic heterocycles. The maximum atomic E-state index is 12.3. The molecule has 0 bridgehead atoms. The smallest absolute Gasteiger partial charge is 0.335 e. The van der Waals surface area contributed by atoms with E-state index in [-0.39, 0.29) is 11.5 Å². The van der Waals surface area contributed by atoms with Gasteiger partial charge >= 0.3 is 5.97 Å². The molecule has 0 radical (unpaired) electrons. The molecule has 1 aromatic rings. The van der Waals surface area contributed by atoms with Crippen LogP contribution >= 0.6 is 0 Å². The minimum absolute atomic E-state index is 0.109. The van der Waals surface area contributed by atoms with Crippen molar-refractivity contribution >= 4 is 11.9 Å². The van der Waals surface area contributed by atoms with Crippen LogP contribution in [0.2, 0.25) is 0 Å². The van der Waals surface area contributed by atoms with Gasteiger partial charge in [0.05, 0.1) is 12.0 Å². The predicted molar refractivity (Wildman–Crippen MR) is 81.3 cm³/mol. The van der Waals surface area contributed by atoms with Gasteiger partial charge in [-0.05, 0) is 49.3 Å². The first-order valence-corrected chi connectivity index (χ1v) is 7.55. The van der Waals surface area contributed by atoms with Gasteiger partial charge in [0.1, 0.15) is 0 Å². The number of carbonyl (C=O) groups is 2. The summed E-state index contributed by atoms with van der Waals surface area (Å²) in [6.07, 6.45) is 4.89. The van der Waals surface area contributed by atoms with E-state index in [0.29, 0.717) is 12.5 Å². The van der Waals surface area contributed by atoms with E-state index in [1.165, 1.54) is 12.8 Å². The molecular weight excluding hydrogens is 266 g/mol. The molecular formula is C17H23NO3. The van der Waals surface area contributed by atoms with Gasteiger partial charge in [0.2, 0.25) is 5.91 Å². The Kier molecular flexibility index (Phi) is 4.99. The Morgan fingerprint density at radius 1 is 1.14 bits per heavy atom. The summed E-state index contributed by atoms with van der Waals surface area (Å²) in [6.45, 7) is 2.27. The third-order valence-corrected chi connectivity index (χ3v) is 4.48. The topological polar surface area (TPSA) is 57.6 Å². The van der Waals surface area contributed by atoms with Crippen LogP contribution in [0.4, 0.5) is 0 Å². The molecule has 4 heteroatoms. The molecule has 1 saturated carbocycles. The van der Waals surface area contributed by atoms with Crippen molar-refractivity contribution in [3.63, 3.8) is 0 Å². The Labute approximate surface area is 125 Å². The quantitative estimate of drug-likeness (QED) is 0.927. The summed E-state index contributed by atoms with van der Waals surface area (Å²) in [6, 6.07) is 6.89. The van der Waals surface area contributed by atoms with Crippen molar-refractivity contribution in [1.82, 2.24) is 4.90 Å². The molecule has 0 heterocycles. The predicted octanol–water partition coefficient (Wildman–Crippen LogP) is 2.96. The second kappa shape index (κ2) is 6.74. The minimum Gasteiger partial charge on any atom is -0.478 e. The summed E-state index contributed by atoms with van der Waals surface area (Å²) in [7, 11) is 1.88. The Bertz CT molecular complexity index is 501. The maximum Gasteiger partial charge on any atom is 0.335 e. The number of rotatable bonds is 4. The second-order valence-electron chi connectivity index (χ2n) is 6.10. The van der Waals surface area contributed by atoms with Crippen LogP contribution in [0.25, 0.3) is 0 Å². The second-order valence-corrected chi connectivity index (χ2v) is 6.10. The molecule has 0 atom stereocenters. The molecule has 114 valence electrons. The molecule has 1 N–H and O–H groups in total. The number of nitrogens with zero attached hydrogens (tertiary/aromatic N) is 1. The van der Waals surface area contributed by atoms with Crippen LogP contribution in [-0.2, 0) is 11.2 Å². The molecule has 1 aromatic carbocycles. The number of benzene rings is 1. The summed E-state index contributed by atoms with van der Waals surface area (Å²) in [5, 5.41) is 8.86. The Hall–Kier alpha value is -1.84. The Morgan fingerprint density at radius 2 is 1.71 bits per heavy atom. The third-order valence-electron chi connectivity index (χ3n) is 4.48. The van der Waals surface area contributed by atoms with E-state index >= 15 is 0 Å². The Morgan fingerprint density at radius 3 is 2.24 bits per heavy atom. The number of likely N-dealkylation sites (N-methyl/N-ethyl adjacent to an activating group) is 1. The molecule has 0 saturated heterocycles. The molecule has 4 nitrogen and oxygen atoms in total. The monoisotopic (exact) mass is 289 g/mol. The van der Waals surface area contributed by atoms with Gasteiger partial charge in [-0.25, -0.2) is 4.79 Å². The molecule has 2 rings (SSSR count). The van der Waals surface area contributed by atoms with Crippen LogP contribution < -0.4 is 0 Å². The van der Waals surface area contributed by atoms with Gasteiger partial charge in [0, 0.05) is 13.1 Å². The van der Waals surface area contributed by atoms with Gasteiger partial charge in [-0.3, -0.25) is 4.79 Å². The van der Waals surface area contributed by atoms with E-state index < -0.39 is 5.97 Å². The highest BCUT2D eigenvalue weighted by Gasteiger charge is 2.24. The van der Waals surface area contributed by atoms with Gasteiger partial charge in [-0.15, -0.1) is 0 Å². The zero-order chi connectivity index (χ0) is 15.4. The van der Waals surface area contributed by atoms with Crippen molar-refractivity contribution in [2.75, 3.05) is 7.05 Å². The lowest BCUT2D eigenvalue weighted by molar-refractivity contribution is -0.132. The maximum absolute atomic E-state index is 12.3. The number of carboxylic acids is 1. The van der Waals surface area contributed by atoms with Gasteiger partial charge < -0.3 is 10.0 Å². The van der Waals surface area contributed by atoms with E-state index in [0.717, 1.165) is 24.3 Å². The highest BCUT2D eigenvalue weighted by Crippen LogP contribution is 2.26. The molecule has 0 unspecified atom stereocenters. The summed E-state index contributed by atoms with van der Waals surface area (Å²) < 4.78 is 0. The van der Waals surface area contributed by atoms with Crippen molar-refractivity contribution in [3.8, 4) is 0 Å². The lowest BCUT2D eigenvalue weighted by Crippen LogP contribution is -2.40.